The summed E-state index contributed by atoms with van der Waals surface area (Å²) < 4.78 is 0. The number of rotatable bonds is 5. The van der Waals surface area contributed by atoms with Gasteiger partial charge in [0, 0.05) is 25.4 Å². The van der Waals surface area contributed by atoms with E-state index < -0.39 is 0 Å². The highest BCUT2D eigenvalue weighted by molar-refractivity contribution is 5.83. The van der Waals surface area contributed by atoms with Crippen molar-refractivity contribution in [1.29, 1.82) is 0 Å². The molecule has 0 saturated carbocycles. The molecule has 0 saturated heterocycles. The fraction of sp³-hybridized carbons (Fsp3) is 0.750. The fourth-order valence-corrected chi connectivity index (χ4v) is 0.695. The van der Waals surface area contributed by atoms with E-state index in [1.165, 1.54) is 6.92 Å². The molecule has 0 bridgehead atoms. The van der Waals surface area contributed by atoms with Crippen LogP contribution in [0.15, 0.2) is 0 Å². The van der Waals surface area contributed by atoms with Crippen LogP contribution in [0.2, 0.25) is 0 Å². The second-order valence-electron chi connectivity index (χ2n) is 2.91. The van der Waals surface area contributed by atoms with E-state index in [0.29, 0.717) is 13.0 Å². The number of nitrogens with two attached hydrogens (primary N) is 1. The van der Waals surface area contributed by atoms with Gasteiger partial charge in [0.15, 0.2) is 0 Å². The van der Waals surface area contributed by atoms with Crippen LogP contribution in [0.25, 0.3) is 0 Å². The fourth-order valence-electron chi connectivity index (χ4n) is 0.695. The summed E-state index contributed by atoms with van der Waals surface area (Å²) in [4.78, 5) is 21.5. The predicted molar refractivity (Wildman–Crippen MR) is 46.6 cm³/mol. The summed E-state index contributed by atoms with van der Waals surface area (Å²) in [5.41, 5.74) is 5.29. The highest BCUT2D eigenvalue weighted by Gasteiger charge is 2.05. The molecule has 0 aromatic carbocycles. The van der Waals surface area contributed by atoms with Crippen molar-refractivity contribution in [3.05, 3.63) is 0 Å². The number of amides is 1. The lowest BCUT2D eigenvalue weighted by molar-refractivity contribution is -0.125. The van der Waals surface area contributed by atoms with Gasteiger partial charge in [0.2, 0.25) is 5.91 Å². The van der Waals surface area contributed by atoms with Gasteiger partial charge >= 0.3 is 0 Å². The van der Waals surface area contributed by atoms with E-state index in [2.05, 4.69) is 5.32 Å². The van der Waals surface area contributed by atoms with Gasteiger partial charge in [-0.15, -0.1) is 0 Å². The molecular weight excluding hydrogens is 156 g/mol. The van der Waals surface area contributed by atoms with Gasteiger partial charge < -0.3 is 15.8 Å². The molecule has 1 amide bonds. The first-order valence-corrected chi connectivity index (χ1v) is 4.05. The number of nitrogens with one attached hydrogen (secondary N) is 1. The number of Topliss-reactive ketones (excluding diaryl/α,β-unsaturated/α-hetero) is 1. The standard InChI is InChI=1S/C8H16N2O2/c1-6(5-9)10-8(12)4-3-7(2)11/h6H,3-5,9H2,1-2H3,(H,10,12). The van der Waals surface area contributed by atoms with Crippen molar-refractivity contribution in [2.24, 2.45) is 5.73 Å². The lowest BCUT2D eigenvalue weighted by Gasteiger charge is -2.10. The molecule has 0 rings (SSSR count). The lowest BCUT2D eigenvalue weighted by Crippen LogP contribution is -2.37. The first-order chi connectivity index (χ1) is 5.56. The van der Waals surface area contributed by atoms with E-state index in [-0.39, 0.29) is 24.2 Å². The molecule has 0 aliphatic rings. The second-order valence-corrected chi connectivity index (χ2v) is 2.91. The molecule has 70 valence electrons. The maximum absolute atomic E-state index is 11.0. The Kier molecular flexibility index (Phi) is 5.28. The van der Waals surface area contributed by atoms with Crippen LogP contribution in [0.5, 0.6) is 0 Å². The van der Waals surface area contributed by atoms with E-state index in [1.54, 1.807) is 0 Å². The van der Waals surface area contributed by atoms with Crippen LogP contribution in [-0.2, 0) is 9.59 Å². The molecule has 4 nitrogen and oxygen atoms in total. The molecule has 0 aromatic rings. The maximum atomic E-state index is 11.0. The van der Waals surface area contributed by atoms with Crippen LogP contribution in [0.1, 0.15) is 26.7 Å². The third-order valence-corrected chi connectivity index (χ3v) is 1.47. The van der Waals surface area contributed by atoms with Gasteiger partial charge in [0.05, 0.1) is 0 Å². The van der Waals surface area contributed by atoms with Crippen LogP contribution in [-0.4, -0.2) is 24.3 Å². The highest BCUT2D eigenvalue weighted by Crippen LogP contribution is 1.90. The van der Waals surface area contributed by atoms with Gasteiger partial charge in [-0.1, -0.05) is 0 Å². The summed E-state index contributed by atoms with van der Waals surface area (Å²) in [5, 5.41) is 2.67. The minimum Gasteiger partial charge on any atom is -0.352 e. The number of ketones is 1. The molecule has 0 spiro atoms. The average Bonchev–Trinajstić information content (AvgIpc) is 2.00. The van der Waals surface area contributed by atoms with Crippen LogP contribution >= 0.6 is 0 Å². The summed E-state index contributed by atoms with van der Waals surface area (Å²) in [7, 11) is 0. The van der Waals surface area contributed by atoms with Crippen LogP contribution in [0, 0.1) is 0 Å². The normalized spacial score (nSPS) is 12.2. The number of carbonyl (C=O) groups is 2. The first-order valence-electron chi connectivity index (χ1n) is 4.05. The third-order valence-electron chi connectivity index (χ3n) is 1.47. The molecular formula is C8H16N2O2. The van der Waals surface area contributed by atoms with Crippen molar-refractivity contribution in [2.45, 2.75) is 32.7 Å². The SMILES string of the molecule is CC(=O)CCC(=O)NC(C)CN. The van der Waals surface area contributed by atoms with Crippen LogP contribution in [0.3, 0.4) is 0 Å². The largest absolute Gasteiger partial charge is 0.352 e. The lowest BCUT2D eigenvalue weighted by atomic mass is 10.2. The van der Waals surface area contributed by atoms with Crippen molar-refractivity contribution < 1.29 is 9.59 Å². The van der Waals surface area contributed by atoms with Gasteiger partial charge in [-0.3, -0.25) is 4.79 Å². The average molecular weight is 172 g/mol. The summed E-state index contributed by atoms with van der Waals surface area (Å²) >= 11 is 0. The molecule has 0 radical (unpaired) electrons. The van der Waals surface area contributed by atoms with Gasteiger partial charge in [-0.25, -0.2) is 0 Å². The molecule has 0 fully saturated rings. The van der Waals surface area contributed by atoms with Crippen molar-refractivity contribution in [1.82, 2.24) is 5.32 Å². The van der Waals surface area contributed by atoms with E-state index in [1.807, 2.05) is 6.92 Å². The van der Waals surface area contributed by atoms with E-state index in [4.69, 9.17) is 5.73 Å². The Hall–Kier alpha value is -0.900. The Morgan fingerprint density at radius 3 is 2.42 bits per heavy atom. The van der Waals surface area contributed by atoms with Gasteiger partial charge in [-0.2, -0.15) is 0 Å². The quantitative estimate of drug-likeness (QED) is 0.604. The topological polar surface area (TPSA) is 72.2 Å². The van der Waals surface area contributed by atoms with Crippen LogP contribution < -0.4 is 11.1 Å². The molecule has 1 atom stereocenters. The molecule has 4 heteroatoms. The molecule has 1 unspecified atom stereocenters. The van der Waals surface area contributed by atoms with E-state index in [0.717, 1.165) is 0 Å². The van der Waals surface area contributed by atoms with Gasteiger partial charge in [0.25, 0.3) is 0 Å². The number of hydrogen-bond donors (Lipinski definition) is 2. The summed E-state index contributed by atoms with van der Waals surface area (Å²) in [5.74, 6) is -0.0753. The smallest absolute Gasteiger partial charge is 0.220 e. The molecule has 0 aromatic heterocycles. The third kappa shape index (κ3) is 5.85. The van der Waals surface area contributed by atoms with Crippen LogP contribution in [0.4, 0.5) is 0 Å². The Bertz CT molecular complexity index is 168. The molecule has 0 aliphatic heterocycles. The summed E-state index contributed by atoms with van der Waals surface area (Å²) in [6.07, 6.45) is 0.572. The number of carbonyl (C=O) groups excluding carboxylic acids is 2. The zero-order chi connectivity index (χ0) is 9.56. The molecule has 0 aliphatic carbocycles. The van der Waals surface area contributed by atoms with Gasteiger partial charge in [-0.05, 0) is 13.8 Å². The molecule has 3 N–H and O–H groups in total. The van der Waals surface area contributed by atoms with E-state index >= 15 is 0 Å². The van der Waals surface area contributed by atoms with E-state index in [9.17, 15) is 9.59 Å². The predicted octanol–water partition coefficient (Wildman–Crippen LogP) is -0.181. The van der Waals surface area contributed by atoms with Crippen molar-refractivity contribution in [2.75, 3.05) is 6.54 Å². The first kappa shape index (κ1) is 11.1. The summed E-state index contributed by atoms with van der Waals surface area (Å²) in [6.45, 7) is 3.72. The monoisotopic (exact) mass is 172 g/mol. The molecule has 0 heterocycles. The van der Waals surface area contributed by atoms with Crippen molar-refractivity contribution in [3.8, 4) is 0 Å². The Morgan fingerprint density at radius 2 is 2.00 bits per heavy atom. The minimum atomic E-state index is -0.108. The highest BCUT2D eigenvalue weighted by atomic mass is 16.2. The Morgan fingerprint density at radius 1 is 1.42 bits per heavy atom. The Balaban J connectivity index is 3.53. The van der Waals surface area contributed by atoms with Gasteiger partial charge in [0.1, 0.15) is 5.78 Å². The number of hydrogen-bond acceptors (Lipinski definition) is 3. The Labute approximate surface area is 72.5 Å². The summed E-state index contributed by atoms with van der Waals surface area (Å²) in [6, 6.07) is -0.00976. The zero-order valence-corrected chi connectivity index (χ0v) is 7.59. The van der Waals surface area contributed by atoms with Crippen molar-refractivity contribution in [3.63, 3.8) is 0 Å². The maximum Gasteiger partial charge on any atom is 0.220 e. The minimum absolute atomic E-state index is 0.00976. The zero-order valence-electron chi connectivity index (χ0n) is 7.59. The molecule has 12 heavy (non-hydrogen) atoms. The second kappa shape index (κ2) is 5.71. The van der Waals surface area contributed by atoms with Crippen molar-refractivity contribution >= 4 is 11.7 Å².